The van der Waals surface area contributed by atoms with Gasteiger partial charge in [0.05, 0.1) is 17.3 Å². The maximum atomic E-state index is 5.24. The first-order valence-electron chi connectivity index (χ1n) is 7.69. The van der Waals surface area contributed by atoms with Crippen molar-refractivity contribution >= 4 is 11.3 Å². The predicted molar refractivity (Wildman–Crippen MR) is 84.3 cm³/mol. The Balaban J connectivity index is 1.87. The van der Waals surface area contributed by atoms with Gasteiger partial charge in [0.2, 0.25) is 0 Å². The van der Waals surface area contributed by atoms with E-state index in [9.17, 15) is 0 Å². The van der Waals surface area contributed by atoms with Crippen LogP contribution in [0.15, 0.2) is 5.38 Å². The topological polar surface area (TPSA) is 37.4 Å². The van der Waals surface area contributed by atoms with Crippen LogP contribution in [-0.2, 0) is 17.7 Å². The predicted octanol–water partition coefficient (Wildman–Crippen LogP) is 2.30. The number of methoxy groups -OCH3 is 1. The van der Waals surface area contributed by atoms with Gasteiger partial charge in [-0.05, 0) is 32.2 Å². The Bertz CT molecular complexity index is 377. The SMILES string of the molecule is CCCc1nc(CN(CCOC)CC2CCCN2)cs1. The molecule has 0 amide bonds. The van der Waals surface area contributed by atoms with Crippen molar-refractivity contribution in [1.29, 1.82) is 0 Å². The van der Waals surface area contributed by atoms with Crippen LogP contribution in [0, 0.1) is 0 Å². The minimum Gasteiger partial charge on any atom is -0.383 e. The Kier molecular flexibility index (Phi) is 6.93. The van der Waals surface area contributed by atoms with E-state index in [2.05, 4.69) is 22.5 Å². The molecule has 1 saturated heterocycles. The number of aromatic nitrogens is 1. The first-order chi connectivity index (χ1) is 9.81. The van der Waals surface area contributed by atoms with E-state index < -0.39 is 0 Å². The molecule has 0 saturated carbocycles. The summed E-state index contributed by atoms with van der Waals surface area (Å²) in [5.74, 6) is 0. The molecule has 5 heteroatoms. The van der Waals surface area contributed by atoms with Gasteiger partial charge in [0.15, 0.2) is 0 Å². The highest BCUT2D eigenvalue weighted by atomic mass is 32.1. The van der Waals surface area contributed by atoms with Crippen LogP contribution in [0.4, 0.5) is 0 Å². The Morgan fingerprint density at radius 1 is 1.55 bits per heavy atom. The van der Waals surface area contributed by atoms with Crippen LogP contribution >= 0.6 is 11.3 Å². The molecule has 0 aliphatic carbocycles. The van der Waals surface area contributed by atoms with Gasteiger partial charge in [-0.15, -0.1) is 11.3 Å². The second-order valence-electron chi connectivity index (χ2n) is 5.50. The second-order valence-corrected chi connectivity index (χ2v) is 6.45. The van der Waals surface area contributed by atoms with Crippen molar-refractivity contribution < 1.29 is 4.74 Å². The smallest absolute Gasteiger partial charge is 0.0928 e. The fourth-order valence-electron chi connectivity index (χ4n) is 2.66. The molecule has 1 aliphatic heterocycles. The summed E-state index contributed by atoms with van der Waals surface area (Å²) in [6.07, 6.45) is 4.88. The van der Waals surface area contributed by atoms with E-state index >= 15 is 0 Å². The Labute approximate surface area is 126 Å². The van der Waals surface area contributed by atoms with Gasteiger partial charge in [-0.1, -0.05) is 6.92 Å². The Morgan fingerprint density at radius 3 is 3.15 bits per heavy atom. The van der Waals surface area contributed by atoms with Crippen LogP contribution in [0.2, 0.25) is 0 Å². The van der Waals surface area contributed by atoms with Crippen molar-refractivity contribution in [1.82, 2.24) is 15.2 Å². The molecule has 1 unspecified atom stereocenters. The lowest BCUT2D eigenvalue weighted by atomic mass is 10.2. The van der Waals surface area contributed by atoms with Crippen LogP contribution in [-0.4, -0.2) is 49.3 Å². The fourth-order valence-corrected chi connectivity index (χ4v) is 3.55. The molecule has 0 radical (unpaired) electrons. The number of hydrogen-bond acceptors (Lipinski definition) is 5. The molecular formula is C15H27N3OS. The van der Waals surface area contributed by atoms with Gasteiger partial charge in [0, 0.05) is 38.2 Å². The minimum absolute atomic E-state index is 0.639. The van der Waals surface area contributed by atoms with Crippen molar-refractivity contribution in [2.45, 2.75) is 45.2 Å². The highest BCUT2D eigenvalue weighted by molar-refractivity contribution is 7.09. The molecule has 114 valence electrons. The van der Waals surface area contributed by atoms with Crippen molar-refractivity contribution in [3.63, 3.8) is 0 Å². The van der Waals surface area contributed by atoms with E-state index in [1.807, 2.05) is 0 Å². The summed E-state index contributed by atoms with van der Waals surface area (Å²) in [5, 5.41) is 7.06. The third-order valence-electron chi connectivity index (χ3n) is 3.70. The van der Waals surface area contributed by atoms with Gasteiger partial charge in [-0.25, -0.2) is 4.98 Å². The van der Waals surface area contributed by atoms with Crippen LogP contribution < -0.4 is 5.32 Å². The molecule has 20 heavy (non-hydrogen) atoms. The van der Waals surface area contributed by atoms with Crippen LogP contribution in [0.5, 0.6) is 0 Å². The first kappa shape index (κ1) is 15.9. The third kappa shape index (κ3) is 5.13. The third-order valence-corrected chi connectivity index (χ3v) is 4.66. The fraction of sp³-hybridized carbons (Fsp3) is 0.800. The normalized spacial score (nSPS) is 19.1. The number of rotatable bonds is 9. The van der Waals surface area contributed by atoms with Crippen LogP contribution in [0.1, 0.15) is 36.9 Å². The highest BCUT2D eigenvalue weighted by Gasteiger charge is 2.18. The van der Waals surface area contributed by atoms with Crippen LogP contribution in [0.3, 0.4) is 0 Å². The van der Waals surface area contributed by atoms with Crippen molar-refractivity contribution in [2.24, 2.45) is 0 Å². The molecule has 0 aromatic carbocycles. The van der Waals surface area contributed by atoms with Gasteiger partial charge >= 0.3 is 0 Å². The summed E-state index contributed by atoms with van der Waals surface area (Å²) in [5.41, 5.74) is 1.22. The maximum Gasteiger partial charge on any atom is 0.0928 e. The van der Waals surface area contributed by atoms with Gasteiger partial charge in [0.25, 0.3) is 0 Å². The molecule has 1 N–H and O–H groups in total. The lowest BCUT2D eigenvalue weighted by Gasteiger charge is -2.24. The van der Waals surface area contributed by atoms with E-state index in [4.69, 9.17) is 9.72 Å². The van der Waals surface area contributed by atoms with Crippen molar-refractivity contribution in [3.05, 3.63) is 16.1 Å². The maximum absolute atomic E-state index is 5.24. The zero-order valence-corrected chi connectivity index (χ0v) is 13.5. The average Bonchev–Trinajstić information content (AvgIpc) is 3.09. The molecule has 0 spiro atoms. The largest absolute Gasteiger partial charge is 0.383 e. The molecule has 4 nitrogen and oxygen atoms in total. The Morgan fingerprint density at radius 2 is 2.45 bits per heavy atom. The molecule has 1 atom stereocenters. The summed E-state index contributed by atoms with van der Waals surface area (Å²) in [6, 6.07) is 0.639. The zero-order valence-electron chi connectivity index (χ0n) is 12.7. The highest BCUT2D eigenvalue weighted by Crippen LogP contribution is 2.15. The summed E-state index contributed by atoms with van der Waals surface area (Å²) in [6.45, 7) is 7.19. The number of hydrogen-bond donors (Lipinski definition) is 1. The Hall–Kier alpha value is -0.490. The molecular weight excluding hydrogens is 270 g/mol. The summed E-state index contributed by atoms with van der Waals surface area (Å²) >= 11 is 1.80. The minimum atomic E-state index is 0.639. The van der Waals surface area contributed by atoms with E-state index in [1.165, 1.54) is 36.5 Å². The van der Waals surface area contributed by atoms with E-state index in [0.717, 1.165) is 32.7 Å². The summed E-state index contributed by atoms with van der Waals surface area (Å²) < 4.78 is 5.24. The summed E-state index contributed by atoms with van der Waals surface area (Å²) in [4.78, 5) is 7.21. The molecule has 1 aliphatic rings. The van der Waals surface area contributed by atoms with Gasteiger partial charge in [0.1, 0.15) is 0 Å². The zero-order chi connectivity index (χ0) is 14.2. The van der Waals surface area contributed by atoms with Gasteiger partial charge in [-0.3, -0.25) is 4.90 Å². The quantitative estimate of drug-likeness (QED) is 0.759. The second kappa shape index (κ2) is 8.72. The number of nitrogens with zero attached hydrogens (tertiary/aromatic N) is 2. The molecule has 2 heterocycles. The van der Waals surface area contributed by atoms with E-state index in [0.29, 0.717) is 6.04 Å². The number of aryl methyl sites for hydroxylation is 1. The van der Waals surface area contributed by atoms with Gasteiger partial charge < -0.3 is 10.1 Å². The average molecular weight is 297 g/mol. The molecule has 2 rings (SSSR count). The lowest BCUT2D eigenvalue weighted by molar-refractivity contribution is 0.137. The molecule has 0 bridgehead atoms. The van der Waals surface area contributed by atoms with Crippen LogP contribution in [0.25, 0.3) is 0 Å². The molecule has 1 aromatic rings. The molecule has 1 fully saturated rings. The summed E-state index contributed by atoms with van der Waals surface area (Å²) in [7, 11) is 1.77. The first-order valence-corrected chi connectivity index (χ1v) is 8.57. The monoisotopic (exact) mass is 297 g/mol. The van der Waals surface area contributed by atoms with Gasteiger partial charge in [-0.2, -0.15) is 0 Å². The number of nitrogens with one attached hydrogen (secondary N) is 1. The number of thiazole rings is 1. The van der Waals surface area contributed by atoms with Crippen molar-refractivity contribution in [2.75, 3.05) is 33.4 Å². The lowest BCUT2D eigenvalue weighted by Crippen LogP contribution is -2.38. The van der Waals surface area contributed by atoms with Crippen molar-refractivity contribution in [3.8, 4) is 0 Å². The molecule has 1 aromatic heterocycles. The van der Waals surface area contributed by atoms with E-state index in [-0.39, 0.29) is 0 Å². The standard InChI is InChI=1S/C15H27N3OS/c1-3-5-15-17-14(12-20-15)11-18(8-9-19-2)10-13-6-4-7-16-13/h12-13,16H,3-11H2,1-2H3. The number of ether oxygens (including phenoxy) is 1. The van der Waals surface area contributed by atoms with E-state index in [1.54, 1.807) is 18.4 Å².